The number of carbonyl (C=O) groups excluding carboxylic acids is 1. The van der Waals surface area contributed by atoms with Crippen LogP contribution in [-0.2, 0) is 15.1 Å². The molecule has 5 heteroatoms. The summed E-state index contributed by atoms with van der Waals surface area (Å²) in [6.45, 7) is 3.80. The van der Waals surface area contributed by atoms with E-state index in [4.69, 9.17) is 16.3 Å². The van der Waals surface area contributed by atoms with Crippen LogP contribution in [-0.4, -0.2) is 17.6 Å². The Morgan fingerprint density at radius 1 is 1.29 bits per heavy atom. The van der Waals surface area contributed by atoms with Crippen molar-refractivity contribution in [2.45, 2.75) is 19.4 Å². The van der Waals surface area contributed by atoms with E-state index in [1.165, 1.54) is 0 Å². The number of carbonyl (C=O) groups is 1. The van der Waals surface area contributed by atoms with Gasteiger partial charge in [0.25, 0.3) is 0 Å². The van der Waals surface area contributed by atoms with Crippen molar-refractivity contribution in [3.05, 3.63) is 59.4 Å². The van der Waals surface area contributed by atoms with Crippen LogP contribution in [0.25, 0.3) is 0 Å². The van der Waals surface area contributed by atoms with Crippen LogP contribution >= 0.6 is 11.6 Å². The predicted octanol–water partition coefficient (Wildman–Crippen LogP) is 3.63. The molecule has 1 unspecified atom stereocenters. The highest BCUT2D eigenvalue weighted by molar-refractivity contribution is 6.33. The first-order chi connectivity index (χ1) is 10.1. The second kappa shape index (κ2) is 6.59. The number of halogens is 1. The molecule has 1 N–H and O–H groups in total. The molecule has 0 aliphatic carbocycles. The fourth-order valence-electron chi connectivity index (χ4n) is 1.99. The molecule has 1 aromatic carbocycles. The average Bonchev–Trinajstić information content (AvgIpc) is 2.50. The van der Waals surface area contributed by atoms with Gasteiger partial charge in [-0.05, 0) is 38.1 Å². The summed E-state index contributed by atoms with van der Waals surface area (Å²) in [5.74, 6) is -0.399. The van der Waals surface area contributed by atoms with Crippen molar-refractivity contribution in [2.75, 3.05) is 11.9 Å². The first kappa shape index (κ1) is 15.3. The van der Waals surface area contributed by atoms with Gasteiger partial charge in [0, 0.05) is 6.20 Å². The van der Waals surface area contributed by atoms with Gasteiger partial charge in [-0.15, -0.1) is 0 Å². The Balaban J connectivity index is 2.42. The number of anilines is 1. The summed E-state index contributed by atoms with van der Waals surface area (Å²) in [5, 5.41) is 3.69. The van der Waals surface area contributed by atoms with Gasteiger partial charge in [0.05, 0.1) is 23.0 Å². The lowest BCUT2D eigenvalue weighted by Gasteiger charge is -2.29. The maximum atomic E-state index is 12.4. The molecule has 0 aliphatic heterocycles. The average molecular weight is 305 g/mol. The van der Waals surface area contributed by atoms with E-state index in [0.717, 1.165) is 0 Å². The highest BCUT2D eigenvalue weighted by atomic mass is 35.5. The van der Waals surface area contributed by atoms with Gasteiger partial charge in [0.2, 0.25) is 0 Å². The zero-order valence-corrected chi connectivity index (χ0v) is 12.7. The minimum absolute atomic E-state index is 0.297. The van der Waals surface area contributed by atoms with Crippen LogP contribution in [0.1, 0.15) is 19.5 Å². The highest BCUT2D eigenvalue weighted by Gasteiger charge is 2.38. The number of nitrogens with one attached hydrogen (secondary N) is 1. The predicted molar refractivity (Wildman–Crippen MR) is 83.3 cm³/mol. The van der Waals surface area contributed by atoms with E-state index in [-0.39, 0.29) is 0 Å². The maximum Gasteiger partial charge on any atom is 0.337 e. The van der Waals surface area contributed by atoms with Gasteiger partial charge in [-0.2, -0.15) is 0 Å². The number of esters is 1. The van der Waals surface area contributed by atoms with Crippen molar-refractivity contribution >= 4 is 23.3 Å². The monoisotopic (exact) mass is 304 g/mol. The Labute approximate surface area is 129 Å². The van der Waals surface area contributed by atoms with Crippen LogP contribution in [0.5, 0.6) is 0 Å². The summed E-state index contributed by atoms with van der Waals surface area (Å²) >= 11 is 6.16. The molecule has 0 radical (unpaired) electrons. The van der Waals surface area contributed by atoms with E-state index >= 15 is 0 Å². The fraction of sp³-hybridized carbons (Fsp3) is 0.250. The minimum atomic E-state index is -1.11. The third kappa shape index (κ3) is 3.34. The summed E-state index contributed by atoms with van der Waals surface area (Å²) in [6.07, 6.45) is 1.64. The fourth-order valence-corrected chi connectivity index (χ4v) is 2.17. The van der Waals surface area contributed by atoms with E-state index in [0.29, 0.717) is 23.0 Å². The van der Waals surface area contributed by atoms with E-state index in [9.17, 15) is 4.79 Å². The lowest BCUT2D eigenvalue weighted by atomic mass is 9.96. The van der Waals surface area contributed by atoms with E-state index in [1.54, 1.807) is 38.2 Å². The Morgan fingerprint density at radius 3 is 2.62 bits per heavy atom. The molecule has 1 heterocycles. The molecule has 0 saturated heterocycles. The number of pyridine rings is 1. The summed E-state index contributed by atoms with van der Waals surface area (Å²) in [6, 6.07) is 12.6. The van der Waals surface area contributed by atoms with E-state index in [2.05, 4.69) is 10.3 Å². The van der Waals surface area contributed by atoms with Crippen LogP contribution < -0.4 is 5.32 Å². The summed E-state index contributed by atoms with van der Waals surface area (Å²) < 4.78 is 5.19. The Morgan fingerprint density at radius 2 is 2.00 bits per heavy atom. The normalized spacial score (nSPS) is 13.3. The molecule has 4 nitrogen and oxygen atoms in total. The molecular formula is C16H17ClN2O2. The van der Waals surface area contributed by atoms with Crippen molar-refractivity contribution in [3.8, 4) is 0 Å². The van der Waals surface area contributed by atoms with Crippen LogP contribution in [0.3, 0.4) is 0 Å². The van der Waals surface area contributed by atoms with Gasteiger partial charge in [-0.25, -0.2) is 4.79 Å². The first-order valence-corrected chi connectivity index (χ1v) is 7.07. The Bertz CT molecular complexity index is 619. The molecule has 21 heavy (non-hydrogen) atoms. The molecule has 0 spiro atoms. The molecule has 0 aliphatic rings. The lowest BCUT2D eigenvalue weighted by Crippen LogP contribution is -2.42. The summed E-state index contributed by atoms with van der Waals surface area (Å²) in [7, 11) is 0. The van der Waals surface area contributed by atoms with Crippen LogP contribution in [0.15, 0.2) is 48.7 Å². The number of benzene rings is 1. The molecule has 1 aromatic heterocycles. The first-order valence-electron chi connectivity index (χ1n) is 6.69. The quantitative estimate of drug-likeness (QED) is 0.857. The molecule has 2 aromatic rings. The molecule has 0 bridgehead atoms. The van der Waals surface area contributed by atoms with E-state index < -0.39 is 11.5 Å². The van der Waals surface area contributed by atoms with Gasteiger partial charge in [0.1, 0.15) is 0 Å². The van der Waals surface area contributed by atoms with Crippen molar-refractivity contribution in [1.82, 2.24) is 4.98 Å². The molecule has 110 valence electrons. The topological polar surface area (TPSA) is 51.2 Å². The largest absolute Gasteiger partial charge is 0.464 e. The van der Waals surface area contributed by atoms with Crippen molar-refractivity contribution in [1.29, 1.82) is 0 Å². The smallest absolute Gasteiger partial charge is 0.337 e. The van der Waals surface area contributed by atoms with Crippen molar-refractivity contribution in [2.24, 2.45) is 0 Å². The number of para-hydroxylation sites is 1. The van der Waals surface area contributed by atoms with Crippen molar-refractivity contribution < 1.29 is 9.53 Å². The van der Waals surface area contributed by atoms with Gasteiger partial charge < -0.3 is 10.1 Å². The second-order valence-corrected chi connectivity index (χ2v) is 5.07. The Hall–Kier alpha value is -2.07. The third-order valence-electron chi connectivity index (χ3n) is 3.12. The molecule has 0 amide bonds. The number of hydrogen-bond donors (Lipinski definition) is 1. The molecular weight excluding hydrogens is 288 g/mol. The highest BCUT2D eigenvalue weighted by Crippen LogP contribution is 2.30. The second-order valence-electron chi connectivity index (χ2n) is 4.67. The maximum absolute atomic E-state index is 12.4. The molecule has 0 saturated carbocycles. The van der Waals surface area contributed by atoms with Crippen LogP contribution in [0.4, 0.5) is 5.69 Å². The van der Waals surface area contributed by atoms with Gasteiger partial charge in [-0.3, -0.25) is 4.98 Å². The molecule has 1 atom stereocenters. The summed E-state index contributed by atoms with van der Waals surface area (Å²) in [4.78, 5) is 16.7. The van der Waals surface area contributed by atoms with Crippen LogP contribution in [0, 0.1) is 0 Å². The molecule has 2 rings (SSSR count). The lowest BCUT2D eigenvalue weighted by molar-refractivity contribution is -0.148. The van der Waals surface area contributed by atoms with Gasteiger partial charge in [-0.1, -0.05) is 29.8 Å². The van der Waals surface area contributed by atoms with Crippen LogP contribution in [0.2, 0.25) is 5.02 Å². The van der Waals surface area contributed by atoms with E-state index in [1.807, 2.05) is 24.3 Å². The number of nitrogens with zero attached hydrogens (tertiary/aromatic N) is 1. The van der Waals surface area contributed by atoms with Gasteiger partial charge in [0.15, 0.2) is 5.54 Å². The molecule has 0 fully saturated rings. The summed E-state index contributed by atoms with van der Waals surface area (Å²) in [5.41, 5.74) is 0.117. The van der Waals surface area contributed by atoms with Gasteiger partial charge >= 0.3 is 5.97 Å². The van der Waals surface area contributed by atoms with Crippen molar-refractivity contribution in [3.63, 3.8) is 0 Å². The Kier molecular flexibility index (Phi) is 4.81. The standard InChI is InChI=1S/C16H17ClN2O2/c1-3-21-15(20)16(2,14-10-6-7-11-18-14)19-13-9-5-4-8-12(13)17/h4-11,19H,3H2,1-2H3. The SMILES string of the molecule is CCOC(=O)C(C)(Nc1ccccc1Cl)c1ccccn1. The third-order valence-corrected chi connectivity index (χ3v) is 3.45. The zero-order chi connectivity index (χ0) is 15.3. The minimum Gasteiger partial charge on any atom is -0.464 e. The number of rotatable bonds is 5. The number of hydrogen-bond acceptors (Lipinski definition) is 4. The zero-order valence-electron chi connectivity index (χ0n) is 12.0. The number of aromatic nitrogens is 1. The number of ether oxygens (including phenoxy) is 1.